The van der Waals surface area contributed by atoms with E-state index in [4.69, 9.17) is 0 Å². The largest absolute Gasteiger partial charge is 0.394 e. The third-order valence-electron chi connectivity index (χ3n) is 4.20. The molecule has 0 amide bonds. The van der Waals surface area contributed by atoms with E-state index in [0.717, 1.165) is 11.1 Å². The lowest BCUT2D eigenvalue weighted by molar-refractivity contribution is 0.105. The molecule has 21 heavy (non-hydrogen) atoms. The van der Waals surface area contributed by atoms with Gasteiger partial charge in [-0.2, -0.15) is 0 Å². The summed E-state index contributed by atoms with van der Waals surface area (Å²) in [5.74, 6) is 0. The molecule has 0 aromatic heterocycles. The van der Waals surface area contributed by atoms with Crippen molar-refractivity contribution in [1.82, 2.24) is 4.72 Å². The lowest BCUT2D eigenvalue weighted by atomic mass is 10.0. The molecule has 0 radical (unpaired) electrons. The van der Waals surface area contributed by atoms with Crippen molar-refractivity contribution in [2.45, 2.75) is 51.5 Å². The number of rotatable bonds is 6. The van der Waals surface area contributed by atoms with Gasteiger partial charge in [0.25, 0.3) is 0 Å². The molecule has 0 atom stereocenters. The van der Waals surface area contributed by atoms with E-state index < -0.39 is 28.8 Å². The number of nitrogens with one attached hydrogen (secondary N) is 1. The van der Waals surface area contributed by atoms with Crippen molar-refractivity contribution >= 4 is 10.0 Å². The monoisotopic (exact) mass is 315 g/mol. The minimum absolute atomic E-state index is 0.236. The van der Waals surface area contributed by atoms with Gasteiger partial charge < -0.3 is 10.2 Å². The molecule has 1 rings (SSSR count). The van der Waals surface area contributed by atoms with E-state index in [1.54, 1.807) is 20.8 Å². The van der Waals surface area contributed by atoms with Gasteiger partial charge in [0.1, 0.15) is 0 Å². The van der Waals surface area contributed by atoms with Crippen LogP contribution in [0.5, 0.6) is 0 Å². The van der Waals surface area contributed by atoms with Gasteiger partial charge in [0.15, 0.2) is 0 Å². The Morgan fingerprint density at radius 3 is 1.81 bits per heavy atom. The standard InChI is InChI=1S/C15H25NO4S/c1-6-15(8-17,9-18)16-21(19,20)14-12(4)10(2)7-11(3)13(14)5/h7,16-18H,6,8-9H2,1-5H3. The van der Waals surface area contributed by atoms with Crippen LogP contribution >= 0.6 is 0 Å². The number of aliphatic hydroxyl groups excluding tert-OH is 2. The molecule has 0 saturated carbocycles. The fraction of sp³-hybridized carbons (Fsp3) is 0.600. The number of sulfonamides is 1. The molecule has 5 nitrogen and oxygen atoms in total. The average Bonchev–Trinajstić information content (AvgIpc) is 2.43. The Morgan fingerprint density at radius 1 is 1.05 bits per heavy atom. The molecular weight excluding hydrogens is 290 g/mol. The fourth-order valence-corrected chi connectivity index (χ4v) is 4.40. The van der Waals surface area contributed by atoms with Gasteiger partial charge in [0.2, 0.25) is 10.0 Å². The van der Waals surface area contributed by atoms with Crippen LogP contribution in [0.25, 0.3) is 0 Å². The SMILES string of the molecule is CCC(CO)(CO)NS(=O)(=O)c1c(C)c(C)cc(C)c1C. The van der Waals surface area contributed by atoms with E-state index in [1.807, 2.05) is 19.9 Å². The van der Waals surface area contributed by atoms with E-state index in [9.17, 15) is 18.6 Å². The van der Waals surface area contributed by atoms with Crippen LogP contribution in [-0.2, 0) is 10.0 Å². The summed E-state index contributed by atoms with van der Waals surface area (Å²) < 4.78 is 28.0. The highest BCUT2D eigenvalue weighted by Gasteiger charge is 2.34. The smallest absolute Gasteiger partial charge is 0.241 e. The van der Waals surface area contributed by atoms with Crippen LogP contribution in [0.3, 0.4) is 0 Å². The minimum Gasteiger partial charge on any atom is -0.394 e. The highest BCUT2D eigenvalue weighted by Crippen LogP contribution is 2.27. The van der Waals surface area contributed by atoms with Gasteiger partial charge in [-0.15, -0.1) is 0 Å². The van der Waals surface area contributed by atoms with Gasteiger partial charge in [0, 0.05) is 0 Å². The Hall–Kier alpha value is -0.950. The predicted molar refractivity (Wildman–Crippen MR) is 82.9 cm³/mol. The van der Waals surface area contributed by atoms with Gasteiger partial charge in [0.05, 0.1) is 23.6 Å². The summed E-state index contributed by atoms with van der Waals surface area (Å²) in [6.07, 6.45) is 0.294. The summed E-state index contributed by atoms with van der Waals surface area (Å²) in [5, 5.41) is 18.9. The Kier molecular flexibility index (Phi) is 5.55. The second-order valence-electron chi connectivity index (χ2n) is 5.65. The zero-order valence-corrected chi connectivity index (χ0v) is 14.1. The quantitative estimate of drug-likeness (QED) is 0.739. The molecule has 3 N–H and O–H groups in total. The molecule has 0 aliphatic rings. The summed E-state index contributed by atoms with van der Waals surface area (Å²) in [4.78, 5) is 0.236. The molecule has 6 heteroatoms. The average molecular weight is 315 g/mol. The summed E-state index contributed by atoms with van der Waals surface area (Å²) in [6.45, 7) is 8.07. The maximum Gasteiger partial charge on any atom is 0.241 e. The van der Waals surface area contributed by atoms with Crippen LogP contribution in [0, 0.1) is 27.7 Å². The third-order valence-corrected chi connectivity index (χ3v) is 6.05. The molecule has 120 valence electrons. The Labute approximate surface area is 127 Å². The Balaban J connectivity index is 3.46. The Bertz CT molecular complexity index is 585. The summed E-state index contributed by atoms with van der Waals surface area (Å²) >= 11 is 0. The van der Waals surface area contributed by atoms with Crippen molar-refractivity contribution < 1.29 is 18.6 Å². The van der Waals surface area contributed by atoms with Crippen LogP contribution in [0.4, 0.5) is 0 Å². The molecule has 0 saturated heterocycles. The first-order chi connectivity index (χ1) is 9.64. The van der Waals surface area contributed by atoms with Crippen molar-refractivity contribution in [3.05, 3.63) is 28.3 Å². The van der Waals surface area contributed by atoms with E-state index in [0.29, 0.717) is 17.5 Å². The van der Waals surface area contributed by atoms with Gasteiger partial charge >= 0.3 is 0 Å². The second kappa shape index (κ2) is 6.44. The number of hydrogen-bond acceptors (Lipinski definition) is 4. The lowest BCUT2D eigenvalue weighted by Crippen LogP contribution is -2.53. The first-order valence-corrected chi connectivity index (χ1v) is 8.45. The molecular formula is C15H25NO4S. The first kappa shape index (κ1) is 18.1. The van der Waals surface area contributed by atoms with Gasteiger partial charge in [-0.05, 0) is 56.4 Å². The van der Waals surface area contributed by atoms with Crippen LogP contribution < -0.4 is 4.72 Å². The van der Waals surface area contributed by atoms with Gasteiger partial charge in [-0.3, -0.25) is 0 Å². The van der Waals surface area contributed by atoms with E-state index in [1.165, 1.54) is 0 Å². The van der Waals surface area contributed by atoms with Crippen LogP contribution in [-0.4, -0.2) is 37.4 Å². The van der Waals surface area contributed by atoms with Crippen molar-refractivity contribution in [3.63, 3.8) is 0 Å². The van der Waals surface area contributed by atoms with Crippen LogP contribution in [0.1, 0.15) is 35.6 Å². The van der Waals surface area contributed by atoms with Crippen LogP contribution in [0.15, 0.2) is 11.0 Å². The number of hydrogen-bond donors (Lipinski definition) is 3. The highest BCUT2D eigenvalue weighted by atomic mass is 32.2. The topological polar surface area (TPSA) is 86.6 Å². The van der Waals surface area contributed by atoms with Crippen LogP contribution in [0.2, 0.25) is 0 Å². The van der Waals surface area contributed by atoms with Gasteiger partial charge in [-0.1, -0.05) is 13.0 Å². The number of aliphatic hydroxyl groups is 2. The lowest BCUT2D eigenvalue weighted by Gasteiger charge is -2.30. The van der Waals surface area contributed by atoms with E-state index in [-0.39, 0.29) is 4.90 Å². The predicted octanol–water partition coefficient (Wildman–Crippen LogP) is 1.33. The highest BCUT2D eigenvalue weighted by molar-refractivity contribution is 7.89. The molecule has 0 fully saturated rings. The summed E-state index contributed by atoms with van der Waals surface area (Å²) in [7, 11) is -3.83. The third kappa shape index (κ3) is 3.45. The minimum atomic E-state index is -3.83. The zero-order valence-electron chi connectivity index (χ0n) is 13.3. The maximum atomic E-state index is 12.7. The van der Waals surface area contributed by atoms with Crippen molar-refractivity contribution in [2.75, 3.05) is 13.2 Å². The van der Waals surface area contributed by atoms with Crippen molar-refractivity contribution in [2.24, 2.45) is 0 Å². The number of aryl methyl sites for hydroxylation is 2. The molecule has 0 heterocycles. The van der Waals surface area contributed by atoms with Gasteiger partial charge in [-0.25, -0.2) is 13.1 Å². The van der Waals surface area contributed by atoms with Crippen molar-refractivity contribution in [3.8, 4) is 0 Å². The van der Waals surface area contributed by atoms with E-state index >= 15 is 0 Å². The maximum absolute atomic E-state index is 12.7. The molecule has 1 aromatic rings. The molecule has 0 unspecified atom stereocenters. The molecule has 0 aliphatic carbocycles. The van der Waals surface area contributed by atoms with E-state index in [2.05, 4.69) is 4.72 Å². The molecule has 1 aromatic carbocycles. The molecule has 0 spiro atoms. The first-order valence-electron chi connectivity index (χ1n) is 6.97. The fourth-order valence-electron chi connectivity index (χ4n) is 2.33. The van der Waals surface area contributed by atoms with Crippen molar-refractivity contribution in [1.29, 1.82) is 0 Å². The Morgan fingerprint density at radius 2 is 1.48 bits per heavy atom. The number of benzene rings is 1. The molecule has 0 aliphatic heterocycles. The summed E-state index contributed by atoms with van der Waals surface area (Å²) in [6, 6.07) is 1.95. The molecule has 0 bridgehead atoms. The normalized spacial score (nSPS) is 12.7. The zero-order chi connectivity index (χ0) is 16.4. The second-order valence-corrected chi connectivity index (χ2v) is 7.26. The summed E-state index contributed by atoms with van der Waals surface area (Å²) in [5.41, 5.74) is 1.93.